The molecule has 3 aromatic rings. The summed E-state index contributed by atoms with van der Waals surface area (Å²) < 4.78 is 2.07. The Bertz CT molecular complexity index is 967. The number of hydrogen-bond donors (Lipinski definition) is 1. The molecule has 24 heavy (non-hydrogen) atoms. The molecule has 0 spiro atoms. The van der Waals surface area contributed by atoms with Crippen LogP contribution < -0.4 is 9.70 Å². The van der Waals surface area contributed by atoms with Crippen molar-refractivity contribution >= 4 is 28.7 Å². The van der Waals surface area contributed by atoms with E-state index in [4.69, 9.17) is 0 Å². The molecule has 7 heteroatoms. The predicted octanol–water partition coefficient (Wildman–Crippen LogP) is 2.62. The fourth-order valence-electron chi connectivity index (χ4n) is 3.03. The lowest BCUT2D eigenvalue weighted by atomic mass is 10.1. The molecule has 6 nitrogen and oxygen atoms in total. The van der Waals surface area contributed by atoms with E-state index in [9.17, 15) is 4.79 Å². The van der Waals surface area contributed by atoms with Crippen molar-refractivity contribution < 1.29 is 4.79 Å². The van der Waals surface area contributed by atoms with Gasteiger partial charge in [0.15, 0.2) is 10.6 Å². The maximum Gasteiger partial charge on any atom is 0.223 e. The number of anilines is 1. The maximum absolute atomic E-state index is 11.7. The van der Waals surface area contributed by atoms with E-state index >= 15 is 0 Å². The normalized spacial score (nSPS) is 14.2. The zero-order valence-electron chi connectivity index (χ0n) is 13.5. The van der Waals surface area contributed by atoms with E-state index in [0.29, 0.717) is 0 Å². The van der Waals surface area contributed by atoms with E-state index in [1.165, 1.54) is 5.56 Å². The second-order valence-corrected chi connectivity index (χ2v) is 6.62. The molecule has 4 rings (SSSR count). The molecule has 1 aliphatic heterocycles. The van der Waals surface area contributed by atoms with E-state index in [1.54, 1.807) is 24.5 Å². The van der Waals surface area contributed by atoms with Crippen molar-refractivity contribution in [1.29, 1.82) is 0 Å². The van der Waals surface area contributed by atoms with E-state index in [0.717, 1.165) is 40.5 Å². The number of nitrogens with zero attached hydrogens (tertiary/aromatic N) is 4. The van der Waals surface area contributed by atoms with Crippen LogP contribution in [0.3, 0.4) is 0 Å². The Hall–Kier alpha value is -2.67. The predicted molar refractivity (Wildman–Crippen MR) is 94.3 cm³/mol. The molecule has 0 aliphatic carbocycles. The van der Waals surface area contributed by atoms with Crippen LogP contribution in [-0.4, -0.2) is 27.2 Å². The summed E-state index contributed by atoms with van der Waals surface area (Å²) in [5.74, 6) is 0.841. The van der Waals surface area contributed by atoms with Crippen LogP contribution in [-0.2, 0) is 18.3 Å². The summed E-state index contributed by atoms with van der Waals surface area (Å²) in [5, 5.41) is 8.87. The second kappa shape index (κ2) is 5.76. The molecule has 0 saturated carbocycles. The fourth-order valence-corrected chi connectivity index (χ4v) is 3.95. The molecule has 1 aromatic carbocycles. The topological polar surface area (TPSA) is 66.3 Å². The number of hydrogen-bond acceptors (Lipinski definition) is 4. The average Bonchev–Trinajstić information content (AvgIpc) is 3.28. The van der Waals surface area contributed by atoms with Gasteiger partial charge in [-0.05, 0) is 29.7 Å². The van der Waals surface area contributed by atoms with Crippen molar-refractivity contribution in [2.24, 2.45) is 12.0 Å². The van der Waals surface area contributed by atoms with E-state index in [1.807, 2.05) is 24.1 Å². The zero-order valence-corrected chi connectivity index (χ0v) is 14.3. The summed E-state index contributed by atoms with van der Waals surface area (Å²) in [5.41, 5.74) is 4.51. The second-order valence-electron chi connectivity index (χ2n) is 5.78. The number of rotatable bonds is 2. The van der Waals surface area contributed by atoms with E-state index < -0.39 is 0 Å². The minimum Gasteiger partial charge on any atom is -0.320 e. The van der Waals surface area contributed by atoms with Crippen LogP contribution in [0.25, 0.3) is 11.3 Å². The third kappa shape index (κ3) is 2.46. The quantitative estimate of drug-likeness (QED) is 0.780. The Morgan fingerprint density at radius 3 is 3.00 bits per heavy atom. The first-order chi connectivity index (χ1) is 11.6. The van der Waals surface area contributed by atoms with Gasteiger partial charge in [-0.1, -0.05) is 6.07 Å². The van der Waals surface area contributed by atoms with Gasteiger partial charge in [0.2, 0.25) is 5.91 Å². The molecule has 0 bridgehead atoms. The highest BCUT2D eigenvalue weighted by Crippen LogP contribution is 2.32. The molecular weight excluding hydrogens is 322 g/mol. The molecule has 0 radical (unpaired) electrons. The Morgan fingerprint density at radius 2 is 2.25 bits per heavy atom. The number of H-pyrrole nitrogens is 1. The van der Waals surface area contributed by atoms with Gasteiger partial charge in [-0.2, -0.15) is 5.10 Å². The van der Waals surface area contributed by atoms with Gasteiger partial charge in [-0.25, -0.2) is 4.99 Å². The summed E-state index contributed by atoms with van der Waals surface area (Å²) in [6.07, 6.45) is 2.59. The van der Waals surface area contributed by atoms with Gasteiger partial charge in [-0.3, -0.25) is 9.89 Å². The van der Waals surface area contributed by atoms with Gasteiger partial charge < -0.3 is 9.47 Å². The van der Waals surface area contributed by atoms with Gasteiger partial charge in [0, 0.05) is 37.6 Å². The first-order valence-corrected chi connectivity index (χ1v) is 8.61. The van der Waals surface area contributed by atoms with Crippen LogP contribution in [0.1, 0.15) is 12.5 Å². The van der Waals surface area contributed by atoms with Gasteiger partial charge in [0.25, 0.3) is 0 Å². The van der Waals surface area contributed by atoms with Gasteiger partial charge in [0.1, 0.15) is 0 Å². The lowest BCUT2D eigenvalue weighted by molar-refractivity contribution is -0.116. The summed E-state index contributed by atoms with van der Waals surface area (Å²) in [6.45, 7) is 2.38. The number of carbonyl (C=O) groups excluding carboxylic acids is 1. The average molecular weight is 339 g/mol. The molecule has 0 saturated heterocycles. The minimum absolute atomic E-state index is 0.100. The number of aromatic nitrogens is 3. The lowest BCUT2D eigenvalue weighted by Crippen LogP contribution is -2.25. The van der Waals surface area contributed by atoms with Crippen LogP contribution >= 0.6 is 11.3 Å². The highest BCUT2D eigenvalue weighted by atomic mass is 32.1. The summed E-state index contributed by atoms with van der Waals surface area (Å²) in [7, 11) is 2.01. The Morgan fingerprint density at radius 1 is 1.38 bits per heavy atom. The van der Waals surface area contributed by atoms with E-state index in [2.05, 4.69) is 37.3 Å². The van der Waals surface area contributed by atoms with Crippen LogP contribution in [0.2, 0.25) is 0 Å². The SMILES string of the molecule is CC(=O)N1CCc2cc(-c3csc(=Nc4ccn[nH]4)n3C)ccc21. The van der Waals surface area contributed by atoms with Gasteiger partial charge in [-0.15, -0.1) is 11.3 Å². The molecule has 0 atom stereocenters. The standard InChI is InChI=1S/C17H17N5OS/c1-11(23)22-8-6-13-9-12(3-4-14(13)22)15-10-24-17(21(15)2)19-16-5-7-18-20-16/h3-5,7,9-10H,6,8H2,1-2H3,(H,18,20). The maximum atomic E-state index is 11.7. The number of carbonyl (C=O) groups is 1. The molecule has 122 valence electrons. The van der Waals surface area contributed by atoms with E-state index in [-0.39, 0.29) is 5.91 Å². The summed E-state index contributed by atoms with van der Waals surface area (Å²) in [6, 6.07) is 8.13. The molecule has 3 heterocycles. The van der Waals surface area contributed by atoms with Crippen molar-refractivity contribution in [2.75, 3.05) is 11.4 Å². The van der Waals surface area contributed by atoms with Crippen molar-refractivity contribution in [3.63, 3.8) is 0 Å². The molecule has 1 N–H and O–H groups in total. The third-order valence-corrected chi connectivity index (χ3v) is 5.19. The number of thiazole rings is 1. The van der Waals surface area contributed by atoms with Crippen molar-refractivity contribution in [3.05, 3.63) is 46.2 Å². The van der Waals surface area contributed by atoms with Crippen LogP contribution in [0.5, 0.6) is 0 Å². The first kappa shape index (κ1) is 14.9. The molecule has 0 unspecified atom stereocenters. The molecule has 2 aromatic heterocycles. The van der Waals surface area contributed by atoms with Crippen LogP contribution in [0.15, 0.2) is 40.8 Å². The fraction of sp³-hybridized carbons (Fsp3) is 0.235. The Labute approximate surface area is 143 Å². The van der Waals surface area contributed by atoms with Crippen molar-refractivity contribution in [2.45, 2.75) is 13.3 Å². The molecule has 1 amide bonds. The largest absolute Gasteiger partial charge is 0.320 e. The zero-order chi connectivity index (χ0) is 16.7. The number of aromatic amines is 1. The Kier molecular flexibility index (Phi) is 3.57. The lowest BCUT2D eigenvalue weighted by Gasteiger charge is -2.15. The number of fused-ring (bicyclic) bond motifs is 1. The highest BCUT2D eigenvalue weighted by Gasteiger charge is 2.22. The first-order valence-electron chi connectivity index (χ1n) is 7.73. The van der Waals surface area contributed by atoms with Gasteiger partial charge >= 0.3 is 0 Å². The smallest absolute Gasteiger partial charge is 0.223 e. The minimum atomic E-state index is 0.100. The van der Waals surface area contributed by atoms with Gasteiger partial charge in [0.05, 0.1) is 11.9 Å². The summed E-state index contributed by atoms with van der Waals surface area (Å²) in [4.78, 5) is 19.0. The van der Waals surface area contributed by atoms with Crippen molar-refractivity contribution in [1.82, 2.24) is 14.8 Å². The van der Waals surface area contributed by atoms with Crippen molar-refractivity contribution in [3.8, 4) is 11.3 Å². The summed E-state index contributed by atoms with van der Waals surface area (Å²) >= 11 is 1.59. The third-order valence-electron chi connectivity index (χ3n) is 4.28. The molecular formula is C17H17N5OS. The Balaban J connectivity index is 1.74. The number of nitrogens with one attached hydrogen (secondary N) is 1. The molecule has 1 aliphatic rings. The molecule has 0 fully saturated rings. The van der Waals surface area contributed by atoms with Crippen LogP contribution in [0.4, 0.5) is 11.5 Å². The number of amides is 1. The monoisotopic (exact) mass is 339 g/mol. The number of benzene rings is 1. The van der Waals surface area contributed by atoms with Crippen LogP contribution in [0, 0.1) is 0 Å². The highest BCUT2D eigenvalue weighted by molar-refractivity contribution is 7.07.